The van der Waals surface area contributed by atoms with Crippen molar-refractivity contribution in [3.63, 3.8) is 0 Å². The lowest BCUT2D eigenvalue weighted by molar-refractivity contribution is -0.142. The van der Waals surface area contributed by atoms with Crippen molar-refractivity contribution in [1.82, 2.24) is 10.9 Å². The molecule has 6 N–H and O–H groups in total. The predicted octanol–water partition coefficient (Wildman–Crippen LogP) is 0.613. The van der Waals surface area contributed by atoms with Gasteiger partial charge in [0.15, 0.2) is 0 Å². The second kappa shape index (κ2) is 9.09. The van der Waals surface area contributed by atoms with Gasteiger partial charge < -0.3 is 0 Å². The number of carbonyl (C=O) groups is 2. The highest BCUT2D eigenvalue weighted by Gasteiger charge is 2.50. The minimum absolute atomic E-state index is 0.0708. The number of hydrazine groups is 2. The number of nitrogens with zero attached hydrogens (tertiary/aromatic N) is 2. The standard InChI is InChI=1S/C15H26N6O2/c1-14(2,13(23)21-19)15(3,7-5-9-17)11(6-4-8-16)10-12(22)20-18/h11H,4-7,10,18-19H2,1-3H3,(H,20,22)(H,21,23). The molecule has 2 unspecified atom stereocenters. The van der Waals surface area contributed by atoms with Crippen LogP contribution in [0.1, 0.15) is 52.9 Å². The fourth-order valence-corrected chi connectivity index (χ4v) is 2.95. The Morgan fingerprint density at radius 3 is 2.09 bits per heavy atom. The van der Waals surface area contributed by atoms with E-state index in [1.807, 2.05) is 6.92 Å². The second-order valence-electron chi connectivity index (χ2n) is 6.34. The molecule has 8 nitrogen and oxygen atoms in total. The number of rotatable bonds is 9. The van der Waals surface area contributed by atoms with E-state index in [9.17, 15) is 9.59 Å². The zero-order valence-corrected chi connectivity index (χ0v) is 14.0. The molecule has 0 spiro atoms. The van der Waals surface area contributed by atoms with E-state index in [0.29, 0.717) is 12.8 Å². The van der Waals surface area contributed by atoms with Crippen molar-refractivity contribution < 1.29 is 9.59 Å². The monoisotopic (exact) mass is 322 g/mol. The number of nitrogens with one attached hydrogen (secondary N) is 2. The van der Waals surface area contributed by atoms with Gasteiger partial charge in [0.25, 0.3) is 0 Å². The SMILES string of the molecule is CC(C)(C(=O)NN)C(C)(CCC#N)C(CCC#N)CC(=O)NN. The molecule has 2 amide bonds. The van der Waals surface area contributed by atoms with Gasteiger partial charge in [0.1, 0.15) is 0 Å². The van der Waals surface area contributed by atoms with Crippen molar-refractivity contribution in [3.8, 4) is 12.1 Å². The van der Waals surface area contributed by atoms with Crippen molar-refractivity contribution in [3.05, 3.63) is 0 Å². The Labute approximate surface area is 137 Å². The third kappa shape index (κ3) is 4.92. The van der Waals surface area contributed by atoms with Gasteiger partial charge in [0.05, 0.1) is 17.6 Å². The topological polar surface area (TPSA) is 158 Å². The van der Waals surface area contributed by atoms with Crippen LogP contribution >= 0.6 is 0 Å². The van der Waals surface area contributed by atoms with Crippen LogP contribution in [0.4, 0.5) is 0 Å². The summed E-state index contributed by atoms with van der Waals surface area (Å²) in [5.74, 6) is 9.41. The molecule has 128 valence electrons. The Balaban J connectivity index is 5.82. The number of amides is 2. The molecule has 0 saturated carbocycles. The molecule has 0 rings (SSSR count). The van der Waals surface area contributed by atoms with E-state index in [1.54, 1.807) is 13.8 Å². The van der Waals surface area contributed by atoms with Crippen LogP contribution in [0.15, 0.2) is 0 Å². The Morgan fingerprint density at radius 1 is 1.09 bits per heavy atom. The van der Waals surface area contributed by atoms with Crippen molar-refractivity contribution in [2.24, 2.45) is 28.4 Å². The summed E-state index contributed by atoms with van der Waals surface area (Å²) in [6.45, 7) is 5.31. The highest BCUT2D eigenvalue weighted by molar-refractivity contribution is 5.82. The average molecular weight is 322 g/mol. The van der Waals surface area contributed by atoms with E-state index >= 15 is 0 Å². The number of carbonyl (C=O) groups excluding carboxylic acids is 2. The van der Waals surface area contributed by atoms with Crippen LogP contribution < -0.4 is 22.5 Å². The molecule has 0 aliphatic carbocycles. The summed E-state index contributed by atoms with van der Waals surface area (Å²) in [7, 11) is 0. The van der Waals surface area contributed by atoms with Crippen molar-refractivity contribution in [2.45, 2.75) is 52.9 Å². The van der Waals surface area contributed by atoms with E-state index in [0.717, 1.165) is 0 Å². The fraction of sp³-hybridized carbons (Fsp3) is 0.733. The molecule has 2 atom stereocenters. The first-order valence-corrected chi connectivity index (χ1v) is 7.45. The van der Waals surface area contributed by atoms with Gasteiger partial charge in [-0.3, -0.25) is 20.4 Å². The van der Waals surface area contributed by atoms with Crippen LogP contribution in [0.25, 0.3) is 0 Å². The zero-order chi connectivity index (χ0) is 18.1. The molecular formula is C15H26N6O2. The van der Waals surface area contributed by atoms with E-state index in [2.05, 4.69) is 23.0 Å². The van der Waals surface area contributed by atoms with Gasteiger partial charge in [-0.05, 0) is 24.2 Å². The largest absolute Gasteiger partial charge is 0.294 e. The number of hydrogen-bond acceptors (Lipinski definition) is 6. The molecule has 0 fully saturated rings. The zero-order valence-electron chi connectivity index (χ0n) is 14.0. The van der Waals surface area contributed by atoms with Crippen molar-refractivity contribution in [2.75, 3.05) is 0 Å². The molecule has 0 aromatic heterocycles. The van der Waals surface area contributed by atoms with E-state index in [-0.39, 0.29) is 37.0 Å². The minimum Gasteiger partial charge on any atom is -0.294 e. The maximum atomic E-state index is 12.3. The number of hydrogen-bond donors (Lipinski definition) is 4. The highest BCUT2D eigenvalue weighted by Crippen LogP contribution is 2.51. The summed E-state index contributed by atoms with van der Waals surface area (Å²) in [4.78, 5) is 24.0. The maximum absolute atomic E-state index is 12.3. The maximum Gasteiger partial charge on any atom is 0.240 e. The van der Waals surface area contributed by atoms with Crippen LogP contribution in [0, 0.1) is 39.4 Å². The molecule has 8 heteroatoms. The number of nitriles is 2. The molecule has 0 aliphatic heterocycles. The first kappa shape index (κ1) is 20.8. The van der Waals surface area contributed by atoms with Gasteiger partial charge in [-0.1, -0.05) is 20.8 Å². The average Bonchev–Trinajstić information content (AvgIpc) is 2.54. The first-order chi connectivity index (χ1) is 10.7. The summed E-state index contributed by atoms with van der Waals surface area (Å²) in [5, 5.41) is 17.8. The van der Waals surface area contributed by atoms with Gasteiger partial charge in [0, 0.05) is 19.3 Å². The van der Waals surface area contributed by atoms with Gasteiger partial charge in [-0.25, -0.2) is 11.7 Å². The van der Waals surface area contributed by atoms with Crippen LogP contribution in [-0.4, -0.2) is 11.8 Å². The van der Waals surface area contributed by atoms with E-state index in [1.165, 1.54) is 0 Å². The quantitative estimate of drug-likeness (QED) is 0.276. The van der Waals surface area contributed by atoms with Crippen LogP contribution in [0.5, 0.6) is 0 Å². The molecule has 0 bridgehead atoms. The molecule has 0 saturated heterocycles. The third-order valence-corrected chi connectivity index (χ3v) is 4.98. The summed E-state index contributed by atoms with van der Waals surface area (Å²) >= 11 is 0. The summed E-state index contributed by atoms with van der Waals surface area (Å²) in [6.07, 6.45) is 1.36. The lowest BCUT2D eigenvalue weighted by Crippen LogP contribution is -2.53. The van der Waals surface area contributed by atoms with Gasteiger partial charge in [-0.2, -0.15) is 10.5 Å². The van der Waals surface area contributed by atoms with Crippen molar-refractivity contribution in [1.29, 1.82) is 10.5 Å². The highest BCUT2D eigenvalue weighted by atomic mass is 16.2. The minimum atomic E-state index is -0.937. The van der Waals surface area contributed by atoms with E-state index < -0.39 is 10.8 Å². The Kier molecular flexibility index (Phi) is 8.23. The van der Waals surface area contributed by atoms with E-state index in [4.69, 9.17) is 22.2 Å². The molecule has 0 aliphatic rings. The Hall–Kier alpha value is -2.16. The number of nitrogens with two attached hydrogens (primary N) is 2. The molecular weight excluding hydrogens is 296 g/mol. The Morgan fingerprint density at radius 2 is 1.65 bits per heavy atom. The van der Waals surface area contributed by atoms with Gasteiger partial charge >= 0.3 is 0 Å². The van der Waals surface area contributed by atoms with Crippen LogP contribution in [0.2, 0.25) is 0 Å². The third-order valence-electron chi connectivity index (χ3n) is 4.98. The smallest absolute Gasteiger partial charge is 0.240 e. The lowest BCUT2D eigenvalue weighted by atomic mass is 9.56. The predicted molar refractivity (Wildman–Crippen MR) is 84.3 cm³/mol. The van der Waals surface area contributed by atoms with Crippen LogP contribution in [-0.2, 0) is 9.59 Å². The lowest BCUT2D eigenvalue weighted by Gasteiger charge is -2.48. The van der Waals surface area contributed by atoms with Gasteiger partial charge in [-0.15, -0.1) is 0 Å². The summed E-state index contributed by atoms with van der Waals surface area (Å²) < 4.78 is 0. The fourth-order valence-electron chi connectivity index (χ4n) is 2.95. The summed E-state index contributed by atoms with van der Waals surface area (Å²) in [6, 6.07) is 4.14. The molecule has 0 aromatic rings. The van der Waals surface area contributed by atoms with Crippen molar-refractivity contribution >= 4 is 11.8 Å². The second-order valence-corrected chi connectivity index (χ2v) is 6.34. The molecule has 23 heavy (non-hydrogen) atoms. The van der Waals surface area contributed by atoms with Gasteiger partial charge in [0.2, 0.25) is 11.8 Å². The Bertz CT molecular complexity index is 505. The normalized spacial score (nSPS) is 14.7. The summed E-state index contributed by atoms with van der Waals surface area (Å²) in [5.41, 5.74) is 2.59. The first-order valence-electron chi connectivity index (χ1n) is 7.45. The molecule has 0 aromatic carbocycles. The van der Waals surface area contributed by atoms with Crippen LogP contribution in [0.3, 0.4) is 0 Å². The molecule has 0 heterocycles. The molecule has 0 radical (unpaired) electrons.